The van der Waals surface area contributed by atoms with E-state index in [1.165, 1.54) is 11.3 Å². The van der Waals surface area contributed by atoms with Crippen LogP contribution in [0, 0.1) is 11.3 Å². The lowest BCUT2D eigenvalue weighted by Gasteiger charge is -2.06. The van der Waals surface area contributed by atoms with Crippen molar-refractivity contribution in [2.45, 2.75) is 0 Å². The van der Waals surface area contributed by atoms with Crippen LogP contribution in [0.5, 0.6) is 0 Å². The van der Waals surface area contributed by atoms with Gasteiger partial charge in [-0.05, 0) is 28.1 Å². The average Bonchev–Trinajstić information content (AvgIpc) is 2.95. The summed E-state index contributed by atoms with van der Waals surface area (Å²) < 4.78 is 3.56. The van der Waals surface area contributed by atoms with Crippen LogP contribution in [0.15, 0.2) is 28.3 Å². The molecule has 0 aliphatic heterocycles. The zero-order chi connectivity index (χ0) is 12.7. The van der Waals surface area contributed by atoms with E-state index >= 15 is 0 Å². The van der Waals surface area contributed by atoms with Gasteiger partial charge in [0.15, 0.2) is 0 Å². The molecule has 0 fully saturated rings. The lowest BCUT2D eigenvalue weighted by atomic mass is 10.0. The molecule has 0 atom stereocenters. The standard InChI is InChI=1S/C12H7BrN4S/c1-17-11(9(13)5-16-17)7-2-3-10-12(8(7)4-14)18-6-15-10/h2-3,5-6H,1H3. The van der Waals surface area contributed by atoms with E-state index in [4.69, 9.17) is 0 Å². The summed E-state index contributed by atoms with van der Waals surface area (Å²) in [5.74, 6) is 0. The van der Waals surface area contributed by atoms with Crippen molar-refractivity contribution in [1.29, 1.82) is 5.26 Å². The van der Waals surface area contributed by atoms with Crippen molar-refractivity contribution in [3.05, 3.63) is 33.9 Å². The molecule has 6 heteroatoms. The average molecular weight is 319 g/mol. The van der Waals surface area contributed by atoms with Crippen molar-refractivity contribution in [2.75, 3.05) is 0 Å². The van der Waals surface area contributed by atoms with Crippen molar-refractivity contribution >= 4 is 37.5 Å². The van der Waals surface area contributed by atoms with Gasteiger partial charge in [0.25, 0.3) is 0 Å². The highest BCUT2D eigenvalue weighted by Crippen LogP contribution is 2.34. The van der Waals surface area contributed by atoms with Crippen LogP contribution in [-0.2, 0) is 7.05 Å². The third-order valence-corrected chi connectivity index (χ3v) is 4.20. The van der Waals surface area contributed by atoms with E-state index in [1.54, 1.807) is 16.4 Å². The van der Waals surface area contributed by atoms with Gasteiger partial charge >= 0.3 is 0 Å². The van der Waals surface area contributed by atoms with Gasteiger partial charge in [-0.25, -0.2) is 4.98 Å². The van der Waals surface area contributed by atoms with Crippen molar-refractivity contribution in [1.82, 2.24) is 14.8 Å². The lowest BCUT2D eigenvalue weighted by Crippen LogP contribution is -1.96. The Labute approximate surface area is 116 Å². The molecule has 0 saturated carbocycles. The van der Waals surface area contributed by atoms with Crippen LogP contribution in [-0.4, -0.2) is 14.8 Å². The Kier molecular flexibility index (Phi) is 2.65. The summed E-state index contributed by atoms with van der Waals surface area (Å²) in [5, 5.41) is 13.6. The number of nitriles is 1. The van der Waals surface area contributed by atoms with Gasteiger partial charge in [-0.15, -0.1) is 11.3 Å². The minimum absolute atomic E-state index is 0.652. The third-order valence-electron chi connectivity index (χ3n) is 2.76. The molecule has 2 heterocycles. The Hall–Kier alpha value is -1.71. The number of fused-ring (bicyclic) bond motifs is 1. The Morgan fingerprint density at radius 3 is 2.94 bits per heavy atom. The Balaban J connectivity index is 2.40. The van der Waals surface area contributed by atoms with Crippen LogP contribution in [0.25, 0.3) is 21.5 Å². The smallest absolute Gasteiger partial charge is 0.101 e. The zero-order valence-electron chi connectivity index (χ0n) is 9.38. The van der Waals surface area contributed by atoms with Gasteiger partial charge in [-0.3, -0.25) is 4.68 Å². The highest BCUT2D eigenvalue weighted by Gasteiger charge is 2.16. The second-order valence-corrected chi connectivity index (χ2v) is 5.47. The molecule has 3 rings (SSSR count). The normalized spacial score (nSPS) is 10.7. The highest BCUT2D eigenvalue weighted by atomic mass is 79.9. The summed E-state index contributed by atoms with van der Waals surface area (Å²) in [4.78, 5) is 4.23. The van der Waals surface area contributed by atoms with Crippen LogP contribution < -0.4 is 0 Å². The number of halogens is 1. The van der Waals surface area contributed by atoms with E-state index in [0.717, 1.165) is 25.9 Å². The van der Waals surface area contributed by atoms with Gasteiger partial charge in [-0.2, -0.15) is 10.4 Å². The number of hydrogen-bond donors (Lipinski definition) is 0. The molecule has 18 heavy (non-hydrogen) atoms. The van der Waals surface area contributed by atoms with Crippen molar-refractivity contribution < 1.29 is 0 Å². The number of hydrogen-bond acceptors (Lipinski definition) is 4. The first-order chi connectivity index (χ1) is 8.72. The summed E-state index contributed by atoms with van der Waals surface area (Å²) >= 11 is 4.95. The maximum absolute atomic E-state index is 9.40. The van der Waals surface area contributed by atoms with Crippen LogP contribution in [0.1, 0.15) is 5.56 Å². The largest absolute Gasteiger partial charge is 0.267 e. The Morgan fingerprint density at radius 1 is 1.44 bits per heavy atom. The fourth-order valence-corrected chi connectivity index (χ4v) is 3.30. The van der Waals surface area contributed by atoms with Crippen LogP contribution >= 0.6 is 27.3 Å². The molecular formula is C12H7BrN4S. The maximum atomic E-state index is 9.40. The second kappa shape index (κ2) is 4.19. The maximum Gasteiger partial charge on any atom is 0.101 e. The first-order valence-corrected chi connectivity index (χ1v) is 6.84. The number of aryl methyl sites for hydroxylation is 1. The van der Waals surface area contributed by atoms with Crippen LogP contribution in [0.3, 0.4) is 0 Å². The topological polar surface area (TPSA) is 54.5 Å². The summed E-state index contributed by atoms with van der Waals surface area (Å²) in [5.41, 5.74) is 5.05. The molecule has 0 aliphatic rings. The fraction of sp³-hybridized carbons (Fsp3) is 0.0833. The van der Waals surface area contributed by atoms with Crippen LogP contribution in [0.4, 0.5) is 0 Å². The predicted molar refractivity (Wildman–Crippen MR) is 74.2 cm³/mol. The minimum Gasteiger partial charge on any atom is -0.267 e. The minimum atomic E-state index is 0.652. The molecule has 2 aromatic heterocycles. The molecule has 0 unspecified atom stereocenters. The van der Waals surface area contributed by atoms with E-state index in [0.29, 0.717) is 5.56 Å². The molecule has 4 nitrogen and oxygen atoms in total. The number of thiazole rings is 1. The molecular weight excluding hydrogens is 312 g/mol. The summed E-state index contributed by atoms with van der Waals surface area (Å²) in [6, 6.07) is 6.13. The van der Waals surface area contributed by atoms with E-state index in [-0.39, 0.29) is 0 Å². The van der Waals surface area contributed by atoms with E-state index in [9.17, 15) is 5.26 Å². The molecule has 0 N–H and O–H groups in total. The van der Waals surface area contributed by atoms with Crippen molar-refractivity contribution in [2.24, 2.45) is 7.05 Å². The zero-order valence-corrected chi connectivity index (χ0v) is 11.8. The fourth-order valence-electron chi connectivity index (χ4n) is 1.95. The number of benzene rings is 1. The SMILES string of the molecule is Cn1ncc(Br)c1-c1ccc2ncsc2c1C#N. The monoisotopic (exact) mass is 318 g/mol. The molecule has 88 valence electrons. The molecule has 0 aliphatic carbocycles. The quantitative estimate of drug-likeness (QED) is 0.691. The van der Waals surface area contributed by atoms with Gasteiger partial charge in [0.2, 0.25) is 0 Å². The number of nitrogens with zero attached hydrogens (tertiary/aromatic N) is 4. The van der Waals surface area contributed by atoms with Gasteiger partial charge in [0.1, 0.15) is 6.07 Å². The molecule has 3 aromatic rings. The first-order valence-electron chi connectivity index (χ1n) is 5.16. The van der Waals surface area contributed by atoms with Crippen molar-refractivity contribution in [3.8, 4) is 17.3 Å². The first kappa shape index (κ1) is 11.4. The Morgan fingerprint density at radius 2 is 2.28 bits per heavy atom. The van der Waals surface area contributed by atoms with Crippen LogP contribution in [0.2, 0.25) is 0 Å². The van der Waals surface area contributed by atoms with Gasteiger partial charge in [-0.1, -0.05) is 0 Å². The second-order valence-electron chi connectivity index (χ2n) is 3.77. The van der Waals surface area contributed by atoms with E-state index in [1.807, 2.05) is 19.2 Å². The summed E-state index contributed by atoms with van der Waals surface area (Å²) in [6.07, 6.45) is 1.73. The molecule has 0 amide bonds. The van der Waals surface area contributed by atoms with E-state index < -0.39 is 0 Å². The lowest BCUT2D eigenvalue weighted by molar-refractivity contribution is 0.775. The summed E-state index contributed by atoms with van der Waals surface area (Å²) in [6.45, 7) is 0. The molecule has 0 spiro atoms. The summed E-state index contributed by atoms with van der Waals surface area (Å²) in [7, 11) is 1.86. The molecule has 0 radical (unpaired) electrons. The number of rotatable bonds is 1. The van der Waals surface area contributed by atoms with E-state index in [2.05, 4.69) is 32.1 Å². The number of aromatic nitrogens is 3. The molecule has 0 bridgehead atoms. The highest BCUT2D eigenvalue weighted by molar-refractivity contribution is 9.10. The van der Waals surface area contributed by atoms with Crippen molar-refractivity contribution in [3.63, 3.8) is 0 Å². The Bertz CT molecular complexity index is 762. The molecule has 1 aromatic carbocycles. The predicted octanol–water partition coefficient (Wildman–Crippen LogP) is 3.33. The van der Waals surface area contributed by atoms with Gasteiger partial charge in [0.05, 0.1) is 37.7 Å². The third kappa shape index (κ3) is 1.55. The molecule has 0 saturated heterocycles. The van der Waals surface area contributed by atoms with Gasteiger partial charge < -0.3 is 0 Å². The van der Waals surface area contributed by atoms with Gasteiger partial charge in [0, 0.05) is 12.6 Å².